The molecule has 2 aliphatic carbocycles. The summed E-state index contributed by atoms with van der Waals surface area (Å²) in [5.41, 5.74) is 0. The van der Waals surface area contributed by atoms with Crippen LogP contribution in [0.2, 0.25) is 0 Å². The molecule has 0 spiro atoms. The third-order valence-corrected chi connectivity index (χ3v) is 5.41. The molecule has 0 aromatic carbocycles. The number of amides is 1. The van der Waals surface area contributed by atoms with Crippen LogP contribution in [0.3, 0.4) is 0 Å². The van der Waals surface area contributed by atoms with Gasteiger partial charge in [0.1, 0.15) is 0 Å². The highest BCUT2D eigenvalue weighted by Gasteiger charge is 2.45. The maximum atomic E-state index is 12.7. The van der Waals surface area contributed by atoms with Crippen LogP contribution in [0.25, 0.3) is 0 Å². The quantitative estimate of drug-likeness (QED) is 0.744. The van der Waals surface area contributed by atoms with Crippen molar-refractivity contribution in [3.05, 3.63) is 0 Å². The van der Waals surface area contributed by atoms with Gasteiger partial charge in [0.05, 0.1) is 12.5 Å². The van der Waals surface area contributed by atoms with Gasteiger partial charge in [-0.15, -0.1) is 0 Å². The lowest BCUT2D eigenvalue weighted by atomic mass is 9.86. The van der Waals surface area contributed by atoms with Gasteiger partial charge in [-0.05, 0) is 50.9 Å². The van der Waals surface area contributed by atoms with E-state index in [1.54, 1.807) is 0 Å². The zero-order chi connectivity index (χ0) is 14.1. The van der Waals surface area contributed by atoms with Gasteiger partial charge < -0.3 is 9.64 Å². The maximum absolute atomic E-state index is 12.7. The number of ether oxygens (including phenoxy) is 1. The number of nitrogens with zero attached hydrogens (tertiary/aromatic N) is 1. The van der Waals surface area contributed by atoms with Crippen LogP contribution in [0.5, 0.6) is 0 Å². The fraction of sp³-hybridized carbons (Fsp3) is 0.875. The molecule has 4 nitrogen and oxygen atoms in total. The normalized spacial score (nSPS) is 36.1. The number of carbonyl (C=O) groups is 2. The summed E-state index contributed by atoms with van der Waals surface area (Å²) in [6.07, 6.45) is 6.68. The maximum Gasteiger partial charge on any atom is 0.310 e. The summed E-state index contributed by atoms with van der Waals surface area (Å²) >= 11 is 0. The lowest BCUT2D eigenvalue weighted by Crippen LogP contribution is -2.46. The highest BCUT2D eigenvalue weighted by Crippen LogP contribution is 2.49. The summed E-state index contributed by atoms with van der Waals surface area (Å²) in [6.45, 7) is 3.66. The number of piperidine rings is 1. The minimum absolute atomic E-state index is 0.105. The van der Waals surface area contributed by atoms with Crippen molar-refractivity contribution in [2.45, 2.75) is 45.4 Å². The van der Waals surface area contributed by atoms with Crippen LogP contribution < -0.4 is 0 Å². The number of fused-ring (bicyclic) bond motifs is 2. The van der Waals surface area contributed by atoms with Crippen molar-refractivity contribution < 1.29 is 14.3 Å². The number of hydrogen-bond acceptors (Lipinski definition) is 3. The Balaban J connectivity index is 1.59. The SMILES string of the molecule is CCOC(=O)[C@H]1CCCN(C(=O)C2CC3CCC2C3)C1. The minimum Gasteiger partial charge on any atom is -0.466 e. The summed E-state index contributed by atoms with van der Waals surface area (Å²) in [4.78, 5) is 26.5. The second-order valence-corrected chi connectivity index (χ2v) is 6.66. The van der Waals surface area contributed by atoms with E-state index in [0.717, 1.165) is 31.7 Å². The number of likely N-dealkylation sites (tertiary alicyclic amines) is 1. The van der Waals surface area contributed by atoms with Crippen molar-refractivity contribution in [1.29, 1.82) is 0 Å². The smallest absolute Gasteiger partial charge is 0.310 e. The molecule has 112 valence electrons. The molecule has 1 saturated heterocycles. The topological polar surface area (TPSA) is 46.6 Å². The molecule has 2 saturated carbocycles. The summed E-state index contributed by atoms with van der Waals surface area (Å²) in [5.74, 6) is 1.74. The van der Waals surface area contributed by atoms with E-state index in [4.69, 9.17) is 4.74 Å². The Labute approximate surface area is 120 Å². The number of esters is 1. The predicted molar refractivity (Wildman–Crippen MR) is 74.9 cm³/mol. The molecule has 0 aromatic heterocycles. The van der Waals surface area contributed by atoms with Gasteiger partial charge in [0.15, 0.2) is 0 Å². The zero-order valence-corrected chi connectivity index (χ0v) is 12.3. The standard InChI is InChI=1S/C16H25NO3/c1-2-20-16(19)13-4-3-7-17(10-13)15(18)14-9-11-5-6-12(14)8-11/h11-14H,2-10H2,1H3/t11?,12?,13-,14?/m0/s1. The van der Waals surface area contributed by atoms with Gasteiger partial charge in [-0.25, -0.2) is 0 Å². The van der Waals surface area contributed by atoms with E-state index in [0.29, 0.717) is 25.0 Å². The molecule has 4 heteroatoms. The Hall–Kier alpha value is -1.06. The summed E-state index contributed by atoms with van der Waals surface area (Å²) in [6, 6.07) is 0. The van der Waals surface area contributed by atoms with Gasteiger partial charge >= 0.3 is 5.97 Å². The molecule has 1 amide bonds. The van der Waals surface area contributed by atoms with E-state index in [1.165, 1.54) is 19.3 Å². The van der Waals surface area contributed by atoms with E-state index in [9.17, 15) is 9.59 Å². The Morgan fingerprint density at radius 2 is 2.05 bits per heavy atom. The van der Waals surface area contributed by atoms with Gasteiger partial charge in [-0.3, -0.25) is 9.59 Å². The average Bonchev–Trinajstić information content (AvgIpc) is 3.09. The highest BCUT2D eigenvalue weighted by molar-refractivity contribution is 5.81. The van der Waals surface area contributed by atoms with Crippen molar-refractivity contribution in [2.75, 3.05) is 19.7 Å². The monoisotopic (exact) mass is 279 g/mol. The average molecular weight is 279 g/mol. The first-order chi connectivity index (χ1) is 9.69. The van der Waals surface area contributed by atoms with Gasteiger partial charge in [-0.1, -0.05) is 6.42 Å². The molecular formula is C16H25NO3. The first-order valence-electron chi connectivity index (χ1n) is 8.14. The van der Waals surface area contributed by atoms with Gasteiger partial charge in [0, 0.05) is 19.0 Å². The van der Waals surface area contributed by atoms with Crippen molar-refractivity contribution in [2.24, 2.45) is 23.7 Å². The molecule has 20 heavy (non-hydrogen) atoms. The largest absolute Gasteiger partial charge is 0.466 e. The lowest BCUT2D eigenvalue weighted by molar-refractivity contribution is -0.152. The first-order valence-corrected chi connectivity index (χ1v) is 8.14. The Bertz CT molecular complexity index is 395. The molecule has 1 aliphatic heterocycles. The van der Waals surface area contributed by atoms with Crippen molar-refractivity contribution >= 4 is 11.9 Å². The third-order valence-electron chi connectivity index (χ3n) is 5.41. The van der Waals surface area contributed by atoms with Crippen molar-refractivity contribution in [1.82, 2.24) is 4.90 Å². The molecule has 3 unspecified atom stereocenters. The molecule has 0 N–H and O–H groups in total. The fourth-order valence-electron chi connectivity index (χ4n) is 4.41. The second-order valence-electron chi connectivity index (χ2n) is 6.66. The van der Waals surface area contributed by atoms with E-state index in [-0.39, 0.29) is 17.8 Å². The van der Waals surface area contributed by atoms with Crippen LogP contribution in [0.15, 0.2) is 0 Å². The van der Waals surface area contributed by atoms with E-state index < -0.39 is 0 Å². The summed E-state index contributed by atoms with van der Waals surface area (Å²) in [5, 5.41) is 0. The highest BCUT2D eigenvalue weighted by atomic mass is 16.5. The molecule has 3 rings (SSSR count). The molecule has 3 aliphatic rings. The molecule has 4 atom stereocenters. The number of rotatable bonds is 3. The van der Waals surface area contributed by atoms with Crippen LogP contribution in [0.4, 0.5) is 0 Å². The predicted octanol–water partition coefficient (Wildman–Crippen LogP) is 2.22. The third kappa shape index (κ3) is 2.57. The van der Waals surface area contributed by atoms with Crippen LogP contribution in [0.1, 0.15) is 45.4 Å². The number of carbonyl (C=O) groups excluding carboxylic acids is 2. The van der Waals surface area contributed by atoms with Crippen LogP contribution >= 0.6 is 0 Å². The Kier molecular flexibility index (Phi) is 3.99. The molecule has 2 bridgehead atoms. The van der Waals surface area contributed by atoms with Gasteiger partial charge in [0.2, 0.25) is 5.91 Å². The molecule has 1 heterocycles. The van der Waals surface area contributed by atoms with E-state index in [1.807, 2.05) is 11.8 Å². The first kappa shape index (κ1) is 13.9. The zero-order valence-electron chi connectivity index (χ0n) is 12.3. The summed E-state index contributed by atoms with van der Waals surface area (Å²) in [7, 11) is 0. The van der Waals surface area contributed by atoms with Gasteiger partial charge in [0.25, 0.3) is 0 Å². The molecular weight excluding hydrogens is 254 g/mol. The van der Waals surface area contributed by atoms with Crippen molar-refractivity contribution in [3.8, 4) is 0 Å². The minimum atomic E-state index is -0.127. The van der Waals surface area contributed by atoms with Crippen LogP contribution in [-0.4, -0.2) is 36.5 Å². The molecule has 3 fully saturated rings. The Morgan fingerprint density at radius 3 is 2.70 bits per heavy atom. The number of hydrogen-bond donors (Lipinski definition) is 0. The molecule has 0 radical (unpaired) electrons. The summed E-state index contributed by atoms with van der Waals surface area (Å²) < 4.78 is 5.11. The lowest BCUT2D eigenvalue weighted by Gasteiger charge is -2.35. The molecule has 0 aromatic rings. The van der Waals surface area contributed by atoms with E-state index >= 15 is 0 Å². The van der Waals surface area contributed by atoms with Gasteiger partial charge in [-0.2, -0.15) is 0 Å². The van der Waals surface area contributed by atoms with Crippen LogP contribution in [0, 0.1) is 23.7 Å². The Morgan fingerprint density at radius 1 is 1.20 bits per heavy atom. The van der Waals surface area contributed by atoms with E-state index in [2.05, 4.69) is 0 Å². The fourth-order valence-corrected chi connectivity index (χ4v) is 4.41. The second kappa shape index (κ2) is 5.74. The van der Waals surface area contributed by atoms with Crippen molar-refractivity contribution in [3.63, 3.8) is 0 Å². The van der Waals surface area contributed by atoms with Crippen LogP contribution in [-0.2, 0) is 14.3 Å².